The number of carbonyl (C=O) groups is 3. The molecule has 0 saturated heterocycles. The number of carboxylic acid groups (broad SMARTS) is 1. The Kier molecular flexibility index (Phi) is 9.29. The van der Waals surface area contributed by atoms with Gasteiger partial charge in [-0.3, -0.25) is 9.59 Å². The third-order valence-corrected chi connectivity index (χ3v) is 6.55. The molecule has 0 aromatic heterocycles. The monoisotopic (exact) mass is 480 g/mol. The van der Waals surface area contributed by atoms with Crippen LogP contribution in [0, 0.1) is 5.92 Å². The minimum atomic E-state index is -0.941. The highest BCUT2D eigenvalue weighted by Crippen LogP contribution is 2.44. The first-order valence-corrected chi connectivity index (χ1v) is 12.4. The summed E-state index contributed by atoms with van der Waals surface area (Å²) in [6.45, 7) is 6.07. The van der Waals surface area contributed by atoms with Crippen molar-refractivity contribution in [3.8, 4) is 11.1 Å². The second-order valence-corrected chi connectivity index (χ2v) is 9.53. The van der Waals surface area contributed by atoms with E-state index in [2.05, 4.69) is 34.9 Å². The van der Waals surface area contributed by atoms with E-state index in [1.165, 1.54) is 0 Å². The quantitative estimate of drug-likeness (QED) is 0.392. The van der Waals surface area contributed by atoms with Gasteiger partial charge in [0.25, 0.3) is 0 Å². The maximum absolute atomic E-state index is 12.7. The van der Waals surface area contributed by atoms with Crippen molar-refractivity contribution in [2.45, 2.75) is 70.9 Å². The van der Waals surface area contributed by atoms with Crippen molar-refractivity contribution in [2.75, 3.05) is 6.61 Å². The van der Waals surface area contributed by atoms with Gasteiger partial charge in [-0.2, -0.15) is 0 Å². The number of fused-ring (bicyclic) bond motifs is 3. The van der Waals surface area contributed by atoms with Crippen LogP contribution in [0.2, 0.25) is 0 Å². The number of aliphatic carboxylic acids is 1. The van der Waals surface area contributed by atoms with E-state index in [0.717, 1.165) is 35.1 Å². The third-order valence-electron chi connectivity index (χ3n) is 6.55. The third kappa shape index (κ3) is 7.07. The molecular weight excluding hydrogens is 444 g/mol. The lowest BCUT2D eigenvalue weighted by Gasteiger charge is -2.24. The van der Waals surface area contributed by atoms with Crippen LogP contribution < -0.4 is 10.6 Å². The first-order chi connectivity index (χ1) is 16.8. The number of benzene rings is 2. The Morgan fingerprint density at radius 2 is 1.54 bits per heavy atom. The summed E-state index contributed by atoms with van der Waals surface area (Å²) in [4.78, 5) is 36.5. The molecule has 0 radical (unpaired) electrons. The summed E-state index contributed by atoms with van der Waals surface area (Å²) in [5.74, 6) is -1.26. The van der Waals surface area contributed by atoms with E-state index in [0.29, 0.717) is 6.42 Å². The summed E-state index contributed by atoms with van der Waals surface area (Å²) in [6.07, 6.45) is 1.75. The van der Waals surface area contributed by atoms with E-state index in [9.17, 15) is 14.4 Å². The van der Waals surface area contributed by atoms with Crippen LogP contribution in [0.25, 0.3) is 11.1 Å². The van der Waals surface area contributed by atoms with Gasteiger partial charge in [-0.05, 0) is 34.6 Å². The van der Waals surface area contributed by atoms with Gasteiger partial charge in [-0.1, -0.05) is 82.1 Å². The van der Waals surface area contributed by atoms with Gasteiger partial charge in [0, 0.05) is 24.4 Å². The zero-order chi connectivity index (χ0) is 25.4. The Morgan fingerprint density at radius 1 is 0.943 bits per heavy atom. The number of hydrogen-bond donors (Lipinski definition) is 3. The lowest BCUT2D eigenvalue weighted by Crippen LogP contribution is -2.45. The average molecular weight is 481 g/mol. The number of rotatable bonds is 12. The summed E-state index contributed by atoms with van der Waals surface area (Å²) < 4.78 is 5.63. The topological polar surface area (TPSA) is 105 Å². The van der Waals surface area contributed by atoms with Crippen molar-refractivity contribution in [3.05, 3.63) is 59.7 Å². The molecule has 0 spiro atoms. The first kappa shape index (κ1) is 26.3. The van der Waals surface area contributed by atoms with E-state index in [-0.39, 0.29) is 37.2 Å². The Balaban J connectivity index is 1.57. The Labute approximate surface area is 207 Å². The molecule has 35 heavy (non-hydrogen) atoms. The van der Waals surface area contributed by atoms with E-state index < -0.39 is 24.1 Å². The van der Waals surface area contributed by atoms with Gasteiger partial charge in [0.15, 0.2) is 0 Å². The fraction of sp³-hybridized carbons (Fsp3) is 0.464. The van der Waals surface area contributed by atoms with Crippen molar-refractivity contribution in [2.24, 2.45) is 5.92 Å². The molecule has 1 aliphatic carbocycles. The van der Waals surface area contributed by atoms with Crippen LogP contribution in [0.15, 0.2) is 48.5 Å². The smallest absolute Gasteiger partial charge is 0.407 e. The molecule has 3 N–H and O–H groups in total. The predicted octanol–water partition coefficient (Wildman–Crippen LogP) is 5.09. The second kappa shape index (κ2) is 12.4. The number of carbonyl (C=O) groups excluding carboxylic acids is 2. The van der Waals surface area contributed by atoms with Crippen LogP contribution >= 0.6 is 0 Å². The summed E-state index contributed by atoms with van der Waals surface area (Å²) in [5.41, 5.74) is 4.59. The largest absolute Gasteiger partial charge is 0.481 e. The molecule has 0 aliphatic heterocycles. The summed E-state index contributed by atoms with van der Waals surface area (Å²) in [5, 5.41) is 14.8. The van der Waals surface area contributed by atoms with Crippen LogP contribution in [0.1, 0.15) is 69.9 Å². The molecular formula is C28H36N2O5. The van der Waals surface area contributed by atoms with Gasteiger partial charge in [0.1, 0.15) is 6.61 Å². The maximum atomic E-state index is 12.7. The molecule has 188 valence electrons. The highest BCUT2D eigenvalue weighted by atomic mass is 16.5. The number of alkyl carbamates (subject to hydrolysis) is 1. The van der Waals surface area contributed by atoms with E-state index in [1.807, 2.05) is 45.0 Å². The number of ether oxygens (including phenoxy) is 1. The molecule has 0 saturated carbocycles. The zero-order valence-electron chi connectivity index (χ0n) is 20.8. The van der Waals surface area contributed by atoms with Gasteiger partial charge in [-0.25, -0.2) is 4.79 Å². The molecule has 7 nitrogen and oxygen atoms in total. The van der Waals surface area contributed by atoms with Gasteiger partial charge in [-0.15, -0.1) is 0 Å². The van der Waals surface area contributed by atoms with Crippen molar-refractivity contribution in [3.63, 3.8) is 0 Å². The van der Waals surface area contributed by atoms with E-state index in [4.69, 9.17) is 9.84 Å². The number of hydrogen-bond acceptors (Lipinski definition) is 4. The van der Waals surface area contributed by atoms with Gasteiger partial charge in [0.2, 0.25) is 5.91 Å². The predicted molar refractivity (Wildman–Crippen MR) is 135 cm³/mol. The van der Waals surface area contributed by atoms with Gasteiger partial charge >= 0.3 is 12.1 Å². The molecule has 7 heteroatoms. The minimum Gasteiger partial charge on any atom is -0.481 e. The summed E-state index contributed by atoms with van der Waals surface area (Å²) >= 11 is 0. The minimum absolute atomic E-state index is 0.00482. The fourth-order valence-corrected chi connectivity index (χ4v) is 4.62. The Morgan fingerprint density at radius 3 is 2.09 bits per heavy atom. The van der Waals surface area contributed by atoms with E-state index in [1.54, 1.807) is 0 Å². The number of nitrogens with one attached hydrogen (secondary N) is 2. The highest BCUT2D eigenvalue weighted by Gasteiger charge is 2.30. The molecule has 2 aromatic carbocycles. The average Bonchev–Trinajstić information content (AvgIpc) is 3.14. The number of carboxylic acids is 1. The maximum Gasteiger partial charge on any atom is 0.407 e. The standard InChI is InChI=1S/C28H36N2O5/c1-4-5-10-19(15-27(32)33)29-26(31)16-25(18(2)3)30-28(34)35-17-24-22-13-8-6-11-20(22)21-12-7-9-14-23(21)24/h6-9,11-14,18-19,24-25H,4-5,10,15-17H2,1-3H3,(H,29,31)(H,30,34)(H,32,33). The summed E-state index contributed by atoms with van der Waals surface area (Å²) in [6, 6.07) is 15.4. The lowest BCUT2D eigenvalue weighted by atomic mass is 9.98. The molecule has 2 unspecified atom stereocenters. The molecule has 0 fully saturated rings. The van der Waals surface area contributed by atoms with Crippen LogP contribution in [-0.4, -0.2) is 41.8 Å². The lowest BCUT2D eigenvalue weighted by molar-refractivity contribution is -0.137. The molecule has 3 rings (SSSR count). The van der Waals surface area contributed by atoms with Gasteiger partial charge < -0.3 is 20.5 Å². The molecule has 2 amide bonds. The van der Waals surface area contributed by atoms with E-state index >= 15 is 0 Å². The fourth-order valence-electron chi connectivity index (χ4n) is 4.62. The molecule has 0 bridgehead atoms. The van der Waals surface area contributed by atoms with Crippen molar-refractivity contribution in [1.82, 2.24) is 10.6 Å². The molecule has 0 heterocycles. The zero-order valence-corrected chi connectivity index (χ0v) is 20.8. The van der Waals surface area contributed by atoms with Gasteiger partial charge in [0.05, 0.1) is 6.42 Å². The van der Waals surface area contributed by atoms with Crippen molar-refractivity contribution < 1.29 is 24.2 Å². The first-order valence-electron chi connectivity index (χ1n) is 12.4. The summed E-state index contributed by atoms with van der Waals surface area (Å²) in [7, 11) is 0. The van der Waals surface area contributed by atoms with Crippen LogP contribution in [0.5, 0.6) is 0 Å². The Bertz CT molecular complexity index is 990. The van der Waals surface area contributed by atoms with Crippen LogP contribution in [0.4, 0.5) is 4.79 Å². The highest BCUT2D eigenvalue weighted by molar-refractivity contribution is 5.80. The number of amides is 2. The van der Waals surface area contributed by atoms with Crippen molar-refractivity contribution >= 4 is 18.0 Å². The SMILES string of the molecule is CCCCC(CC(=O)O)NC(=O)CC(NC(=O)OCC1c2ccccc2-c2ccccc21)C(C)C. The van der Waals surface area contributed by atoms with Crippen molar-refractivity contribution in [1.29, 1.82) is 0 Å². The normalized spacial score (nSPS) is 14.1. The molecule has 2 aromatic rings. The number of unbranched alkanes of at least 4 members (excludes halogenated alkanes) is 1. The van der Waals surface area contributed by atoms with Crippen LogP contribution in [-0.2, 0) is 14.3 Å². The molecule has 2 atom stereocenters. The Hall–Kier alpha value is -3.35. The second-order valence-electron chi connectivity index (χ2n) is 9.53. The molecule has 1 aliphatic rings. The van der Waals surface area contributed by atoms with Crippen LogP contribution in [0.3, 0.4) is 0 Å².